The van der Waals surface area contributed by atoms with Gasteiger partial charge in [0, 0.05) is 17.1 Å². The van der Waals surface area contributed by atoms with Crippen LogP contribution in [0.2, 0.25) is 0 Å². The molecule has 0 aliphatic heterocycles. The Morgan fingerprint density at radius 1 is 0.897 bits per heavy atom. The van der Waals surface area contributed by atoms with E-state index >= 15 is 0 Å². The lowest BCUT2D eigenvalue weighted by molar-refractivity contribution is -0.0510. The fraction of sp³-hybridized carbons (Fsp3) is 0.789. The standard InChI is InChI=1S/C11H21Br.C4H7Cl.C3H7Cl.CHF3O3S/c1-2-3-4-5-6-7-8-9-10-11-12;1-2-3-4-5;1-2-3-4;2-1(3,4)8(5,6)7/h2H,1,3-11H2;2H,1,3-4H2;2-3H2,1H3;(H,5,6,7). The van der Waals surface area contributed by atoms with Crippen LogP contribution in [-0.2, 0) is 10.1 Å². The first kappa shape index (κ1) is 36.6. The van der Waals surface area contributed by atoms with Crippen molar-refractivity contribution in [1.29, 1.82) is 0 Å². The minimum Gasteiger partial charge on any atom is -0.279 e. The highest BCUT2D eigenvalue weighted by Crippen LogP contribution is 2.20. The molecule has 0 radical (unpaired) electrons. The van der Waals surface area contributed by atoms with Crippen molar-refractivity contribution in [3.05, 3.63) is 25.3 Å². The van der Waals surface area contributed by atoms with E-state index in [1.807, 2.05) is 13.0 Å². The fourth-order valence-electron chi connectivity index (χ4n) is 1.34. The second-order valence-electron chi connectivity index (χ2n) is 5.62. The highest BCUT2D eigenvalue weighted by Gasteiger charge is 2.44. The molecule has 0 aliphatic rings. The normalized spacial score (nSPS) is 10.3. The molecular formula is C19H36BrCl2F3O3S. The number of halogens is 6. The Bertz CT molecular complexity index is 433. The van der Waals surface area contributed by atoms with E-state index in [9.17, 15) is 13.2 Å². The first-order valence-electron chi connectivity index (χ1n) is 9.43. The van der Waals surface area contributed by atoms with Crippen molar-refractivity contribution in [2.45, 2.75) is 76.6 Å². The Kier molecular flexibility index (Phi) is 35.6. The third-order valence-electron chi connectivity index (χ3n) is 2.84. The van der Waals surface area contributed by atoms with Crippen molar-refractivity contribution >= 4 is 49.2 Å². The van der Waals surface area contributed by atoms with Crippen LogP contribution in [0, 0.1) is 0 Å². The number of alkyl halides is 6. The second kappa shape index (κ2) is 28.2. The van der Waals surface area contributed by atoms with E-state index < -0.39 is 15.6 Å². The molecule has 3 nitrogen and oxygen atoms in total. The lowest BCUT2D eigenvalue weighted by Gasteiger charge is -1.98. The molecule has 0 unspecified atom stereocenters. The van der Waals surface area contributed by atoms with Gasteiger partial charge >= 0.3 is 15.6 Å². The molecule has 10 heteroatoms. The van der Waals surface area contributed by atoms with Crippen LogP contribution in [0.15, 0.2) is 25.3 Å². The Morgan fingerprint density at radius 2 is 1.24 bits per heavy atom. The average Bonchev–Trinajstić information content (AvgIpc) is 2.64. The molecule has 0 aromatic rings. The van der Waals surface area contributed by atoms with Crippen LogP contribution in [0.25, 0.3) is 0 Å². The first-order valence-corrected chi connectivity index (χ1v) is 13.1. The van der Waals surface area contributed by atoms with E-state index in [1.54, 1.807) is 6.08 Å². The number of hydrogen-bond donors (Lipinski definition) is 1. The molecule has 0 saturated carbocycles. The molecular weight excluding hydrogens is 516 g/mol. The van der Waals surface area contributed by atoms with Crippen molar-refractivity contribution < 1.29 is 26.1 Å². The van der Waals surface area contributed by atoms with Gasteiger partial charge in [-0.1, -0.05) is 67.1 Å². The third-order valence-corrected chi connectivity index (χ3v) is 4.58. The summed E-state index contributed by atoms with van der Waals surface area (Å²) < 4.78 is 57.5. The number of rotatable bonds is 12. The molecule has 0 atom stereocenters. The molecule has 0 aromatic carbocycles. The summed E-state index contributed by atoms with van der Waals surface area (Å²) in [6, 6.07) is 0. The van der Waals surface area contributed by atoms with Crippen molar-refractivity contribution in [2.24, 2.45) is 0 Å². The topological polar surface area (TPSA) is 54.4 Å². The van der Waals surface area contributed by atoms with E-state index in [0.717, 1.165) is 18.7 Å². The highest BCUT2D eigenvalue weighted by atomic mass is 79.9. The summed E-state index contributed by atoms with van der Waals surface area (Å²) in [7, 11) is -5.84. The summed E-state index contributed by atoms with van der Waals surface area (Å²) in [4.78, 5) is 0. The fourth-order valence-corrected chi connectivity index (χ4v) is 1.90. The molecule has 0 fully saturated rings. The number of unbranched alkanes of at least 4 members (excludes halogenated alkanes) is 7. The van der Waals surface area contributed by atoms with Crippen LogP contribution in [0.3, 0.4) is 0 Å². The summed E-state index contributed by atoms with van der Waals surface area (Å²) in [5, 5.41) is 1.17. The smallest absolute Gasteiger partial charge is 0.279 e. The van der Waals surface area contributed by atoms with Crippen LogP contribution in [-0.4, -0.2) is 35.6 Å². The number of hydrogen-bond acceptors (Lipinski definition) is 2. The molecule has 1 N–H and O–H groups in total. The third kappa shape index (κ3) is 43.1. The van der Waals surface area contributed by atoms with E-state index in [2.05, 4.69) is 29.1 Å². The lowest BCUT2D eigenvalue weighted by atomic mass is 10.1. The zero-order valence-corrected chi connectivity index (χ0v) is 21.1. The van der Waals surface area contributed by atoms with Crippen molar-refractivity contribution in [1.82, 2.24) is 0 Å². The molecule has 0 amide bonds. The summed E-state index contributed by atoms with van der Waals surface area (Å²) in [5.74, 6) is 1.49. The molecule has 0 rings (SSSR count). The van der Waals surface area contributed by atoms with Crippen LogP contribution < -0.4 is 0 Å². The molecule has 29 heavy (non-hydrogen) atoms. The number of allylic oxidation sites excluding steroid dienone is 2. The largest absolute Gasteiger partial charge is 0.522 e. The van der Waals surface area contributed by atoms with Gasteiger partial charge in [-0.15, -0.1) is 36.4 Å². The molecule has 0 aliphatic carbocycles. The van der Waals surface area contributed by atoms with Gasteiger partial charge in [-0.05, 0) is 32.1 Å². The molecule has 0 bridgehead atoms. The maximum atomic E-state index is 10.7. The van der Waals surface area contributed by atoms with Gasteiger partial charge in [0.2, 0.25) is 0 Å². The van der Waals surface area contributed by atoms with Crippen LogP contribution in [0.5, 0.6) is 0 Å². The molecule has 0 aromatic heterocycles. The van der Waals surface area contributed by atoms with Crippen molar-refractivity contribution in [2.75, 3.05) is 17.1 Å². The van der Waals surface area contributed by atoms with Crippen molar-refractivity contribution in [3.8, 4) is 0 Å². The zero-order chi connectivity index (χ0) is 23.6. The van der Waals surface area contributed by atoms with Gasteiger partial charge in [0.15, 0.2) is 0 Å². The van der Waals surface area contributed by atoms with Crippen LogP contribution in [0.1, 0.15) is 71.1 Å². The van der Waals surface area contributed by atoms with Gasteiger partial charge in [0.1, 0.15) is 0 Å². The second-order valence-corrected chi connectivity index (χ2v) is 8.58. The summed E-state index contributed by atoms with van der Waals surface area (Å²) >= 11 is 13.9. The lowest BCUT2D eigenvalue weighted by Crippen LogP contribution is -2.21. The molecule has 0 saturated heterocycles. The Balaban J connectivity index is -0.000000158. The Morgan fingerprint density at radius 3 is 1.45 bits per heavy atom. The molecule has 0 spiro atoms. The van der Waals surface area contributed by atoms with Crippen LogP contribution in [0.4, 0.5) is 13.2 Å². The summed E-state index contributed by atoms with van der Waals surface area (Å²) in [6.07, 6.45) is 16.7. The minimum atomic E-state index is -5.84. The Hall–Kier alpha value is 0.240. The van der Waals surface area contributed by atoms with Gasteiger partial charge in [0.25, 0.3) is 0 Å². The first-order chi connectivity index (χ1) is 13.5. The average molecular weight is 552 g/mol. The van der Waals surface area contributed by atoms with E-state index in [0.29, 0.717) is 5.88 Å². The van der Waals surface area contributed by atoms with Crippen LogP contribution >= 0.6 is 39.1 Å². The SMILES string of the molecule is C=CCCCCCCCCCBr.C=CCCCl.CCCCl.O=S(=O)(O)C(F)(F)F. The minimum absolute atomic E-state index is 0.698. The van der Waals surface area contributed by atoms with E-state index in [4.69, 9.17) is 36.2 Å². The van der Waals surface area contributed by atoms with E-state index in [1.165, 1.54) is 56.7 Å². The molecule has 178 valence electrons. The van der Waals surface area contributed by atoms with Gasteiger partial charge in [-0.3, -0.25) is 4.55 Å². The molecule has 0 heterocycles. The van der Waals surface area contributed by atoms with E-state index in [-0.39, 0.29) is 0 Å². The maximum Gasteiger partial charge on any atom is 0.522 e. The quantitative estimate of drug-likeness (QED) is 0.0869. The van der Waals surface area contributed by atoms with Gasteiger partial charge in [-0.25, -0.2) is 0 Å². The van der Waals surface area contributed by atoms with Gasteiger partial charge in [0.05, 0.1) is 0 Å². The predicted molar refractivity (Wildman–Crippen MR) is 125 cm³/mol. The summed E-state index contributed by atoms with van der Waals surface area (Å²) in [5.41, 5.74) is -5.53. The van der Waals surface area contributed by atoms with Gasteiger partial charge in [-0.2, -0.15) is 21.6 Å². The van der Waals surface area contributed by atoms with Gasteiger partial charge < -0.3 is 0 Å². The zero-order valence-electron chi connectivity index (χ0n) is 17.2. The maximum absolute atomic E-state index is 10.7. The highest BCUT2D eigenvalue weighted by molar-refractivity contribution is 9.09. The summed E-state index contributed by atoms with van der Waals surface area (Å²) in [6.45, 7) is 9.23. The van der Waals surface area contributed by atoms with Crippen molar-refractivity contribution in [3.63, 3.8) is 0 Å². The monoisotopic (exact) mass is 550 g/mol. The Labute approximate surface area is 194 Å². The predicted octanol–water partition coefficient (Wildman–Crippen LogP) is 8.52.